The van der Waals surface area contributed by atoms with Crippen LogP contribution in [0.2, 0.25) is 0 Å². The fraction of sp³-hybridized carbons (Fsp3) is 0.526. The molecular formula is C19H24N2O3. The monoisotopic (exact) mass is 328 g/mol. The molecule has 5 heteroatoms. The lowest BCUT2D eigenvalue weighted by Crippen LogP contribution is -2.39. The Labute approximate surface area is 142 Å². The van der Waals surface area contributed by atoms with Crippen LogP contribution >= 0.6 is 0 Å². The summed E-state index contributed by atoms with van der Waals surface area (Å²) < 4.78 is 0. The van der Waals surface area contributed by atoms with E-state index in [2.05, 4.69) is 6.92 Å². The number of piperidine rings is 1. The molecule has 0 aliphatic carbocycles. The Morgan fingerprint density at radius 3 is 2.67 bits per heavy atom. The Balaban J connectivity index is 1.83. The summed E-state index contributed by atoms with van der Waals surface area (Å²) in [5.74, 6) is -0.0550. The number of imide groups is 1. The van der Waals surface area contributed by atoms with E-state index in [1.54, 1.807) is 18.2 Å². The van der Waals surface area contributed by atoms with Crippen molar-refractivity contribution in [1.82, 2.24) is 9.80 Å². The molecule has 3 amide bonds. The Morgan fingerprint density at radius 1 is 1.21 bits per heavy atom. The van der Waals surface area contributed by atoms with Crippen LogP contribution in [0.3, 0.4) is 0 Å². The minimum absolute atomic E-state index is 0.0448. The molecule has 128 valence electrons. The smallest absolute Gasteiger partial charge is 0.261 e. The molecule has 0 radical (unpaired) electrons. The van der Waals surface area contributed by atoms with E-state index >= 15 is 0 Å². The SMILES string of the molecule is CCCCN1C(=O)c2ccc(C(=O)N3CCC[C@H](C)C3)cc2C1=O. The van der Waals surface area contributed by atoms with E-state index in [4.69, 9.17) is 0 Å². The first-order valence-electron chi connectivity index (χ1n) is 8.82. The van der Waals surface area contributed by atoms with Gasteiger partial charge in [-0.3, -0.25) is 19.3 Å². The summed E-state index contributed by atoms with van der Waals surface area (Å²) in [5, 5.41) is 0. The fourth-order valence-corrected chi connectivity index (χ4v) is 3.50. The van der Waals surface area contributed by atoms with E-state index in [1.165, 1.54) is 4.90 Å². The van der Waals surface area contributed by atoms with Gasteiger partial charge in [-0.2, -0.15) is 0 Å². The van der Waals surface area contributed by atoms with Gasteiger partial charge >= 0.3 is 0 Å². The highest BCUT2D eigenvalue weighted by atomic mass is 16.2. The van der Waals surface area contributed by atoms with Crippen LogP contribution in [0.15, 0.2) is 18.2 Å². The first kappa shape index (κ1) is 16.7. The van der Waals surface area contributed by atoms with Gasteiger partial charge in [0, 0.05) is 25.2 Å². The molecule has 1 fully saturated rings. The number of amides is 3. The van der Waals surface area contributed by atoms with E-state index in [0.29, 0.717) is 29.2 Å². The van der Waals surface area contributed by atoms with Crippen molar-refractivity contribution in [1.29, 1.82) is 0 Å². The van der Waals surface area contributed by atoms with Crippen LogP contribution in [0, 0.1) is 5.92 Å². The van der Waals surface area contributed by atoms with Gasteiger partial charge < -0.3 is 4.90 Å². The third kappa shape index (κ3) is 2.95. The van der Waals surface area contributed by atoms with Gasteiger partial charge in [0.2, 0.25) is 0 Å². The third-order valence-corrected chi connectivity index (χ3v) is 4.90. The van der Waals surface area contributed by atoms with Crippen LogP contribution in [0.25, 0.3) is 0 Å². The molecule has 2 aliphatic heterocycles. The fourth-order valence-electron chi connectivity index (χ4n) is 3.50. The van der Waals surface area contributed by atoms with Crippen molar-refractivity contribution in [3.8, 4) is 0 Å². The highest BCUT2D eigenvalue weighted by molar-refractivity contribution is 6.22. The van der Waals surface area contributed by atoms with E-state index in [9.17, 15) is 14.4 Å². The standard InChI is InChI=1S/C19H24N2O3/c1-3-4-10-21-18(23)15-8-7-14(11-16(15)19(21)24)17(22)20-9-5-6-13(2)12-20/h7-8,11,13H,3-6,9-10,12H2,1-2H3/t13-/m0/s1. The van der Waals surface area contributed by atoms with Crippen molar-refractivity contribution in [3.63, 3.8) is 0 Å². The average Bonchev–Trinajstić information content (AvgIpc) is 2.83. The number of nitrogens with zero attached hydrogens (tertiary/aromatic N) is 2. The second kappa shape index (κ2) is 6.75. The quantitative estimate of drug-likeness (QED) is 0.799. The van der Waals surface area contributed by atoms with Gasteiger partial charge in [-0.05, 0) is 43.4 Å². The van der Waals surface area contributed by atoms with Crippen LogP contribution < -0.4 is 0 Å². The van der Waals surface area contributed by atoms with Crippen LogP contribution in [0.5, 0.6) is 0 Å². The van der Waals surface area contributed by atoms with E-state index in [-0.39, 0.29) is 17.7 Å². The van der Waals surface area contributed by atoms with Gasteiger partial charge in [0.05, 0.1) is 11.1 Å². The van der Waals surface area contributed by atoms with Crippen molar-refractivity contribution in [2.75, 3.05) is 19.6 Å². The van der Waals surface area contributed by atoms with Crippen molar-refractivity contribution < 1.29 is 14.4 Å². The van der Waals surface area contributed by atoms with E-state index < -0.39 is 0 Å². The maximum Gasteiger partial charge on any atom is 0.261 e. The first-order chi connectivity index (χ1) is 11.5. The molecule has 2 heterocycles. The van der Waals surface area contributed by atoms with Crippen LogP contribution in [-0.4, -0.2) is 47.2 Å². The highest BCUT2D eigenvalue weighted by Crippen LogP contribution is 2.26. The number of unbranched alkanes of at least 4 members (excludes halogenated alkanes) is 1. The Bertz CT molecular complexity index is 683. The molecule has 0 bridgehead atoms. The molecule has 1 atom stereocenters. The van der Waals surface area contributed by atoms with Crippen LogP contribution in [-0.2, 0) is 0 Å². The molecule has 3 rings (SSSR count). The van der Waals surface area contributed by atoms with Gasteiger partial charge in [-0.15, -0.1) is 0 Å². The van der Waals surface area contributed by atoms with E-state index in [0.717, 1.165) is 38.8 Å². The van der Waals surface area contributed by atoms with Crippen molar-refractivity contribution in [3.05, 3.63) is 34.9 Å². The number of benzene rings is 1. The number of rotatable bonds is 4. The topological polar surface area (TPSA) is 57.7 Å². The highest BCUT2D eigenvalue weighted by Gasteiger charge is 2.36. The molecule has 2 aliphatic rings. The number of carbonyl (C=O) groups is 3. The lowest BCUT2D eigenvalue weighted by Gasteiger charge is -2.31. The molecule has 0 unspecified atom stereocenters. The number of hydrogen-bond donors (Lipinski definition) is 0. The summed E-state index contributed by atoms with van der Waals surface area (Å²) in [4.78, 5) is 40.7. The lowest BCUT2D eigenvalue weighted by molar-refractivity contribution is 0.0651. The van der Waals surface area contributed by atoms with Crippen LogP contribution in [0.1, 0.15) is 70.6 Å². The minimum Gasteiger partial charge on any atom is -0.338 e. The summed E-state index contributed by atoms with van der Waals surface area (Å²) in [6.07, 6.45) is 3.88. The molecular weight excluding hydrogens is 304 g/mol. The second-order valence-corrected chi connectivity index (χ2v) is 6.87. The van der Waals surface area contributed by atoms with Crippen molar-refractivity contribution >= 4 is 17.7 Å². The summed E-state index contributed by atoms with van der Waals surface area (Å²) in [6.45, 7) is 6.13. The molecule has 0 spiro atoms. The molecule has 1 aromatic rings. The normalized spacial score (nSPS) is 20.5. The van der Waals surface area contributed by atoms with Gasteiger partial charge in [-0.1, -0.05) is 20.3 Å². The Kier molecular flexibility index (Phi) is 4.69. The zero-order valence-electron chi connectivity index (χ0n) is 14.4. The molecule has 0 N–H and O–H groups in total. The summed E-state index contributed by atoms with van der Waals surface area (Å²) in [6, 6.07) is 4.90. The van der Waals surface area contributed by atoms with Gasteiger partial charge in [-0.25, -0.2) is 0 Å². The maximum atomic E-state index is 12.7. The van der Waals surface area contributed by atoms with Gasteiger partial charge in [0.15, 0.2) is 0 Å². The predicted molar refractivity (Wildman–Crippen MR) is 91.0 cm³/mol. The average molecular weight is 328 g/mol. The summed E-state index contributed by atoms with van der Waals surface area (Å²) in [7, 11) is 0. The van der Waals surface area contributed by atoms with Crippen molar-refractivity contribution in [2.45, 2.75) is 39.5 Å². The lowest BCUT2D eigenvalue weighted by atomic mass is 9.98. The van der Waals surface area contributed by atoms with Crippen LogP contribution in [0.4, 0.5) is 0 Å². The molecule has 24 heavy (non-hydrogen) atoms. The molecule has 0 aromatic heterocycles. The zero-order valence-corrected chi connectivity index (χ0v) is 14.4. The first-order valence-corrected chi connectivity index (χ1v) is 8.82. The van der Waals surface area contributed by atoms with E-state index in [1.807, 2.05) is 11.8 Å². The molecule has 0 saturated carbocycles. The summed E-state index contributed by atoms with van der Waals surface area (Å²) >= 11 is 0. The number of hydrogen-bond acceptors (Lipinski definition) is 3. The molecule has 1 aromatic carbocycles. The van der Waals surface area contributed by atoms with Gasteiger partial charge in [0.25, 0.3) is 17.7 Å². The predicted octanol–water partition coefficient (Wildman–Crippen LogP) is 2.95. The number of likely N-dealkylation sites (tertiary alicyclic amines) is 1. The minimum atomic E-state index is -0.273. The largest absolute Gasteiger partial charge is 0.338 e. The second-order valence-electron chi connectivity index (χ2n) is 6.87. The summed E-state index contributed by atoms with van der Waals surface area (Å²) in [5.41, 5.74) is 1.29. The zero-order chi connectivity index (χ0) is 17.3. The third-order valence-electron chi connectivity index (χ3n) is 4.90. The number of fused-ring (bicyclic) bond motifs is 1. The number of carbonyl (C=O) groups excluding carboxylic acids is 3. The molecule has 1 saturated heterocycles. The Morgan fingerprint density at radius 2 is 1.96 bits per heavy atom. The Hall–Kier alpha value is -2.17. The van der Waals surface area contributed by atoms with Crippen molar-refractivity contribution in [2.24, 2.45) is 5.92 Å². The van der Waals surface area contributed by atoms with Gasteiger partial charge in [0.1, 0.15) is 0 Å². The maximum absolute atomic E-state index is 12.7. The molecule has 5 nitrogen and oxygen atoms in total.